The summed E-state index contributed by atoms with van der Waals surface area (Å²) in [5.41, 5.74) is -2.73. The largest absolute Gasteiger partial charge is 0.349 e. The van der Waals surface area contributed by atoms with Crippen molar-refractivity contribution in [2.75, 3.05) is 10.7 Å². The monoisotopic (exact) mass is 497 g/mol. The van der Waals surface area contributed by atoms with E-state index in [0.717, 1.165) is 12.1 Å². The molecule has 0 unspecified atom stereocenters. The van der Waals surface area contributed by atoms with Crippen molar-refractivity contribution in [2.45, 2.75) is 52.5 Å². The summed E-state index contributed by atoms with van der Waals surface area (Å²) >= 11 is 0. The molecule has 0 fully saturated rings. The van der Waals surface area contributed by atoms with Crippen molar-refractivity contribution in [3.8, 4) is 11.3 Å². The van der Waals surface area contributed by atoms with Crippen LogP contribution in [0, 0.1) is 0 Å². The number of hydrogen-bond donors (Lipinski definition) is 1. The highest BCUT2D eigenvalue weighted by Gasteiger charge is 2.29. The van der Waals surface area contributed by atoms with Gasteiger partial charge in [-0.25, -0.2) is 22.0 Å². The maximum atomic E-state index is 13.9. The number of halogens is 2. The number of alkyl halides is 2. The third kappa shape index (κ3) is 4.65. The third-order valence-corrected chi connectivity index (χ3v) is 6.17. The maximum Gasteiger partial charge on any atom is 0.349 e. The zero-order valence-corrected chi connectivity index (χ0v) is 19.9. The number of aromatic nitrogens is 4. The van der Waals surface area contributed by atoms with Crippen LogP contribution in [-0.2, 0) is 14.8 Å². The first-order chi connectivity index (χ1) is 15.9. The van der Waals surface area contributed by atoms with Crippen molar-refractivity contribution in [2.24, 2.45) is 0 Å². The summed E-state index contributed by atoms with van der Waals surface area (Å²) in [7, 11) is -4.36. The lowest BCUT2D eigenvalue weighted by molar-refractivity contribution is -0.118. The second-order valence-corrected chi connectivity index (χ2v) is 9.90. The zero-order valence-electron chi connectivity index (χ0n) is 19.1. The van der Waals surface area contributed by atoms with Gasteiger partial charge < -0.3 is 4.98 Å². The van der Waals surface area contributed by atoms with E-state index in [1.807, 2.05) is 0 Å². The first kappa shape index (κ1) is 25.3. The van der Waals surface area contributed by atoms with Gasteiger partial charge in [0.2, 0.25) is 0 Å². The van der Waals surface area contributed by atoms with Gasteiger partial charge >= 0.3 is 5.69 Å². The molecule has 3 rings (SSSR count). The molecule has 13 heteroatoms. The Kier molecular flexibility index (Phi) is 7.05. The van der Waals surface area contributed by atoms with Crippen molar-refractivity contribution in [1.82, 2.24) is 19.4 Å². The number of benzene rings is 1. The average Bonchev–Trinajstić information content (AvgIpc) is 3.23. The van der Waals surface area contributed by atoms with E-state index in [-0.39, 0.29) is 38.0 Å². The molecule has 10 nitrogen and oxygen atoms in total. The molecule has 0 saturated carbocycles. The molecule has 0 aliphatic heterocycles. The first-order valence-electron chi connectivity index (χ1n) is 10.6. The Labute approximate surface area is 193 Å². The number of hydrogen-bond acceptors (Lipinski definition) is 6. The van der Waals surface area contributed by atoms with Crippen LogP contribution in [0.25, 0.3) is 22.2 Å². The highest BCUT2D eigenvalue weighted by atomic mass is 32.2. The van der Waals surface area contributed by atoms with Gasteiger partial charge in [-0.1, -0.05) is 13.3 Å². The smallest absolute Gasteiger partial charge is 0.305 e. The number of sulfonamides is 1. The third-order valence-electron chi connectivity index (χ3n) is 5.17. The predicted molar refractivity (Wildman–Crippen MR) is 123 cm³/mol. The molecule has 1 aromatic carbocycles. The highest BCUT2D eigenvalue weighted by Crippen LogP contribution is 2.34. The van der Waals surface area contributed by atoms with Crippen LogP contribution in [0.3, 0.4) is 0 Å². The van der Waals surface area contributed by atoms with Crippen molar-refractivity contribution in [3.63, 3.8) is 0 Å². The van der Waals surface area contributed by atoms with Crippen LogP contribution in [0.1, 0.15) is 58.1 Å². The molecule has 1 N–H and O–H groups in total. The number of carbonyl (C=O) groups excluding carboxylic acids is 1. The summed E-state index contributed by atoms with van der Waals surface area (Å²) in [6.45, 7) is 5.39. The lowest BCUT2D eigenvalue weighted by Gasteiger charge is -2.21. The van der Waals surface area contributed by atoms with Gasteiger partial charge in [0, 0.05) is 29.8 Å². The Morgan fingerprint density at radius 1 is 1.24 bits per heavy atom. The van der Waals surface area contributed by atoms with E-state index in [1.54, 1.807) is 20.8 Å². The first-order valence-corrected chi connectivity index (χ1v) is 12.4. The summed E-state index contributed by atoms with van der Waals surface area (Å²) in [6, 6.07) is 3.45. The molecule has 1 amide bonds. The number of nitrogens with zero attached hydrogens (tertiary/aromatic N) is 4. The fourth-order valence-electron chi connectivity index (χ4n) is 3.65. The van der Waals surface area contributed by atoms with Gasteiger partial charge in [0.15, 0.2) is 0 Å². The van der Waals surface area contributed by atoms with Crippen LogP contribution in [0.2, 0.25) is 0 Å². The van der Waals surface area contributed by atoms with Gasteiger partial charge in [-0.15, -0.1) is 9.09 Å². The lowest BCUT2D eigenvalue weighted by atomic mass is 10.0. The number of amides is 1. The molecular formula is C21H25F2N5O5S. The van der Waals surface area contributed by atoms with Crippen LogP contribution in [0.5, 0.6) is 0 Å². The number of aromatic amines is 1. The summed E-state index contributed by atoms with van der Waals surface area (Å²) in [4.78, 5) is 40.9. The molecule has 34 heavy (non-hydrogen) atoms. The van der Waals surface area contributed by atoms with Gasteiger partial charge in [0.25, 0.3) is 27.9 Å². The van der Waals surface area contributed by atoms with Crippen molar-refractivity contribution < 1.29 is 22.0 Å². The van der Waals surface area contributed by atoms with E-state index in [0.29, 0.717) is 24.8 Å². The molecular weight excluding hydrogens is 472 g/mol. The minimum Gasteiger partial charge on any atom is -0.305 e. The normalized spacial score (nSPS) is 12.1. The molecule has 2 heterocycles. The second-order valence-electron chi connectivity index (χ2n) is 8.09. The predicted octanol–water partition coefficient (Wildman–Crippen LogP) is 2.69. The minimum atomic E-state index is -4.36. The van der Waals surface area contributed by atoms with Crippen LogP contribution < -0.4 is 15.7 Å². The molecule has 3 aromatic rings. The van der Waals surface area contributed by atoms with E-state index < -0.39 is 39.2 Å². The zero-order chi connectivity index (χ0) is 25.4. The number of H-pyrrole nitrogens is 1. The quantitative estimate of drug-likeness (QED) is 0.510. The van der Waals surface area contributed by atoms with Crippen LogP contribution in [0.15, 0.2) is 34.0 Å². The van der Waals surface area contributed by atoms with Crippen molar-refractivity contribution >= 4 is 26.8 Å². The Bertz CT molecular complexity index is 1460. The number of unbranched alkanes of at least 4 members (excludes halogenated alkanes) is 1. The number of nitrogens with one attached hydrogen (secondary N) is 1. The molecule has 0 saturated heterocycles. The molecule has 0 spiro atoms. The topological polar surface area (TPSA) is 127 Å². The summed E-state index contributed by atoms with van der Waals surface area (Å²) < 4.78 is 54.4. The number of fused-ring (bicyclic) bond motifs is 1. The van der Waals surface area contributed by atoms with Gasteiger partial charge in [-0.3, -0.25) is 14.3 Å². The van der Waals surface area contributed by atoms with Crippen LogP contribution in [0.4, 0.5) is 8.78 Å². The highest BCUT2D eigenvalue weighted by molar-refractivity contribution is 7.92. The Hall–Kier alpha value is -3.35. The molecule has 0 radical (unpaired) electrons. The lowest BCUT2D eigenvalue weighted by Crippen LogP contribution is -2.55. The van der Waals surface area contributed by atoms with E-state index in [1.165, 1.54) is 16.9 Å². The van der Waals surface area contributed by atoms with Crippen molar-refractivity contribution in [3.05, 3.63) is 50.8 Å². The maximum absolute atomic E-state index is 13.9. The van der Waals surface area contributed by atoms with Gasteiger partial charge in [0.1, 0.15) is 0 Å². The van der Waals surface area contributed by atoms with Crippen molar-refractivity contribution in [1.29, 1.82) is 0 Å². The standard InChI is InChI=1S/C21H25F2N5O5S/c1-5-6-7-18(29)28(34(4,32)33)27-20(30)15-10-13(17-8-9-24-26(17)12(2)3)14(19(22)23)11-16(15)25-21(27)31/h8-12,19H,5-7H2,1-4H3,(H,25,31). The summed E-state index contributed by atoms with van der Waals surface area (Å²) in [5, 5.41) is 3.89. The molecule has 0 atom stereocenters. The van der Waals surface area contributed by atoms with Crippen LogP contribution in [-0.4, -0.2) is 40.0 Å². The summed E-state index contributed by atoms with van der Waals surface area (Å²) in [6.07, 6.45) is -0.112. The average molecular weight is 498 g/mol. The van der Waals surface area contributed by atoms with Gasteiger partial charge in [-0.2, -0.15) is 5.10 Å². The van der Waals surface area contributed by atoms with Gasteiger partial charge in [0.05, 0.1) is 22.9 Å². The second kappa shape index (κ2) is 9.49. The number of rotatable bonds is 8. The Morgan fingerprint density at radius 2 is 1.91 bits per heavy atom. The van der Waals surface area contributed by atoms with E-state index in [4.69, 9.17) is 0 Å². The van der Waals surface area contributed by atoms with E-state index >= 15 is 0 Å². The minimum absolute atomic E-state index is 0.00684. The van der Waals surface area contributed by atoms with E-state index in [9.17, 15) is 31.6 Å². The Balaban J connectivity index is 2.37. The number of carbonyl (C=O) groups is 1. The molecule has 0 aliphatic carbocycles. The Morgan fingerprint density at radius 3 is 2.47 bits per heavy atom. The molecule has 184 valence electrons. The van der Waals surface area contributed by atoms with Gasteiger partial charge in [-0.05, 0) is 38.5 Å². The fourth-order valence-corrected chi connectivity index (χ4v) is 4.55. The molecule has 0 bridgehead atoms. The summed E-state index contributed by atoms with van der Waals surface area (Å²) in [5.74, 6) is -0.960. The molecule has 2 aromatic heterocycles. The van der Waals surface area contributed by atoms with E-state index in [2.05, 4.69) is 10.1 Å². The fraction of sp³-hybridized carbons (Fsp3) is 0.429. The van der Waals surface area contributed by atoms with Crippen LogP contribution >= 0.6 is 0 Å². The SMILES string of the molecule is CCCCC(=O)N(n1c(=O)[nH]c2cc(C(F)F)c(-c3ccnn3C(C)C)cc2c1=O)S(C)(=O)=O. The molecule has 0 aliphatic rings.